The highest BCUT2D eigenvalue weighted by Gasteiger charge is 2.02. The smallest absolute Gasteiger partial charge is 0.0686 e. The van der Waals surface area contributed by atoms with Gasteiger partial charge in [-0.25, -0.2) is 0 Å². The molecule has 0 aromatic heterocycles. The zero-order valence-electron chi connectivity index (χ0n) is 8.49. The van der Waals surface area contributed by atoms with Crippen molar-refractivity contribution < 1.29 is 5.11 Å². The molecule has 13 heavy (non-hydrogen) atoms. The van der Waals surface area contributed by atoms with Gasteiger partial charge in [-0.05, 0) is 26.0 Å². The number of rotatable bonds is 3. The maximum atomic E-state index is 9.20. The molecule has 0 aliphatic rings. The Morgan fingerprint density at radius 2 is 1.85 bits per heavy atom. The third kappa shape index (κ3) is 3.07. The van der Waals surface area contributed by atoms with Crippen molar-refractivity contribution in [2.45, 2.75) is 20.0 Å². The molecule has 1 aromatic rings. The monoisotopic (exact) mass is 179 g/mol. The molecular weight excluding hydrogens is 162 g/mol. The molecule has 0 aliphatic heterocycles. The minimum absolute atomic E-state index is 0.286. The molecule has 0 amide bonds. The third-order valence-corrected chi connectivity index (χ3v) is 2.01. The van der Waals surface area contributed by atoms with Gasteiger partial charge < -0.3 is 10.0 Å². The lowest BCUT2D eigenvalue weighted by Gasteiger charge is -2.20. The number of anilines is 1. The summed E-state index contributed by atoms with van der Waals surface area (Å²) in [7, 11) is 1.98. The van der Waals surface area contributed by atoms with E-state index >= 15 is 0 Å². The van der Waals surface area contributed by atoms with Crippen LogP contribution in [-0.2, 0) is 0 Å². The quantitative estimate of drug-likeness (QED) is 0.765. The molecule has 0 bridgehead atoms. The van der Waals surface area contributed by atoms with E-state index in [0.717, 1.165) is 5.69 Å². The van der Waals surface area contributed by atoms with Crippen LogP contribution in [0.2, 0.25) is 0 Å². The maximum absolute atomic E-state index is 9.20. The minimum Gasteiger partial charge on any atom is -0.392 e. The molecular formula is C11H17NO. The molecule has 2 heteroatoms. The van der Waals surface area contributed by atoms with E-state index in [1.54, 1.807) is 6.92 Å². The number of benzene rings is 1. The third-order valence-electron chi connectivity index (χ3n) is 2.01. The fourth-order valence-corrected chi connectivity index (χ4v) is 1.30. The Hall–Kier alpha value is -1.02. The van der Waals surface area contributed by atoms with Gasteiger partial charge in [0.15, 0.2) is 0 Å². The van der Waals surface area contributed by atoms with Gasteiger partial charge in [0, 0.05) is 19.3 Å². The first-order valence-electron chi connectivity index (χ1n) is 4.55. The first-order chi connectivity index (χ1) is 6.09. The number of likely N-dealkylation sites (N-methyl/N-ethyl adjacent to an activating group) is 1. The topological polar surface area (TPSA) is 23.5 Å². The highest BCUT2D eigenvalue weighted by molar-refractivity contribution is 5.46. The van der Waals surface area contributed by atoms with Crippen molar-refractivity contribution in [2.75, 3.05) is 18.5 Å². The van der Waals surface area contributed by atoms with Crippen molar-refractivity contribution in [1.29, 1.82) is 0 Å². The molecule has 0 fully saturated rings. The van der Waals surface area contributed by atoms with E-state index in [4.69, 9.17) is 0 Å². The first-order valence-corrected chi connectivity index (χ1v) is 4.55. The zero-order valence-corrected chi connectivity index (χ0v) is 8.49. The summed E-state index contributed by atoms with van der Waals surface area (Å²) in [6, 6.07) is 8.29. The molecule has 1 N–H and O–H groups in total. The summed E-state index contributed by atoms with van der Waals surface area (Å²) in [6.07, 6.45) is -0.286. The summed E-state index contributed by atoms with van der Waals surface area (Å²) in [4.78, 5) is 2.05. The molecule has 1 atom stereocenters. The van der Waals surface area contributed by atoms with Crippen LogP contribution in [-0.4, -0.2) is 24.8 Å². The van der Waals surface area contributed by atoms with Crippen LogP contribution in [0.15, 0.2) is 24.3 Å². The molecule has 0 unspecified atom stereocenters. The summed E-state index contributed by atoms with van der Waals surface area (Å²) >= 11 is 0. The summed E-state index contributed by atoms with van der Waals surface area (Å²) < 4.78 is 0. The van der Waals surface area contributed by atoms with Crippen LogP contribution in [0.5, 0.6) is 0 Å². The fraction of sp³-hybridized carbons (Fsp3) is 0.455. The number of nitrogens with zero attached hydrogens (tertiary/aromatic N) is 1. The van der Waals surface area contributed by atoms with E-state index < -0.39 is 0 Å². The molecule has 1 rings (SSSR count). The summed E-state index contributed by atoms with van der Waals surface area (Å²) in [6.45, 7) is 4.53. The van der Waals surface area contributed by atoms with E-state index in [0.29, 0.717) is 6.54 Å². The van der Waals surface area contributed by atoms with E-state index in [-0.39, 0.29) is 6.10 Å². The van der Waals surface area contributed by atoms with Crippen molar-refractivity contribution in [3.05, 3.63) is 29.8 Å². The van der Waals surface area contributed by atoms with Crippen molar-refractivity contribution in [2.24, 2.45) is 0 Å². The first kappa shape index (κ1) is 10.1. The molecule has 2 nitrogen and oxygen atoms in total. The van der Waals surface area contributed by atoms with Crippen LogP contribution in [0.4, 0.5) is 5.69 Å². The van der Waals surface area contributed by atoms with E-state index in [9.17, 15) is 5.11 Å². The van der Waals surface area contributed by atoms with Gasteiger partial charge in [0.1, 0.15) is 0 Å². The molecule has 0 radical (unpaired) electrons. The zero-order chi connectivity index (χ0) is 9.84. The van der Waals surface area contributed by atoms with Crippen LogP contribution < -0.4 is 4.90 Å². The predicted molar refractivity (Wildman–Crippen MR) is 56.1 cm³/mol. The Bertz CT molecular complexity index is 253. The van der Waals surface area contributed by atoms with Crippen molar-refractivity contribution in [1.82, 2.24) is 0 Å². The summed E-state index contributed by atoms with van der Waals surface area (Å²) in [5.41, 5.74) is 2.40. The van der Waals surface area contributed by atoms with Gasteiger partial charge in [0.2, 0.25) is 0 Å². The maximum Gasteiger partial charge on any atom is 0.0686 e. The van der Waals surface area contributed by atoms with E-state index in [1.165, 1.54) is 5.56 Å². The van der Waals surface area contributed by atoms with Crippen LogP contribution in [0.1, 0.15) is 12.5 Å². The minimum atomic E-state index is -0.286. The lowest BCUT2D eigenvalue weighted by molar-refractivity contribution is 0.201. The lowest BCUT2D eigenvalue weighted by atomic mass is 10.2. The standard InChI is InChI=1S/C11H17NO/c1-9-4-6-11(7-5-9)12(3)8-10(2)13/h4-7,10,13H,8H2,1-3H3/t10-/m0/s1. The van der Waals surface area contributed by atoms with Crippen LogP contribution in [0.3, 0.4) is 0 Å². The average Bonchev–Trinajstić information content (AvgIpc) is 2.04. The van der Waals surface area contributed by atoms with E-state index in [1.807, 2.05) is 11.9 Å². The van der Waals surface area contributed by atoms with Crippen molar-refractivity contribution in [3.8, 4) is 0 Å². The number of hydrogen-bond donors (Lipinski definition) is 1. The number of aryl methyl sites for hydroxylation is 1. The second-order valence-corrected chi connectivity index (χ2v) is 3.57. The van der Waals surface area contributed by atoms with Gasteiger partial charge in [0.25, 0.3) is 0 Å². The Balaban J connectivity index is 2.66. The number of aliphatic hydroxyl groups is 1. The van der Waals surface area contributed by atoms with Gasteiger partial charge in [-0.15, -0.1) is 0 Å². The summed E-state index contributed by atoms with van der Waals surface area (Å²) in [5, 5.41) is 9.20. The van der Waals surface area contributed by atoms with E-state index in [2.05, 4.69) is 31.2 Å². The van der Waals surface area contributed by atoms with Crippen molar-refractivity contribution in [3.63, 3.8) is 0 Å². The SMILES string of the molecule is Cc1ccc(N(C)C[C@H](C)O)cc1. The summed E-state index contributed by atoms with van der Waals surface area (Å²) in [5.74, 6) is 0. The normalized spacial score (nSPS) is 12.6. The molecule has 72 valence electrons. The Morgan fingerprint density at radius 3 is 2.31 bits per heavy atom. The molecule has 0 saturated heterocycles. The van der Waals surface area contributed by atoms with Gasteiger partial charge in [-0.3, -0.25) is 0 Å². The molecule has 0 heterocycles. The van der Waals surface area contributed by atoms with Crippen LogP contribution in [0.25, 0.3) is 0 Å². The Morgan fingerprint density at radius 1 is 1.31 bits per heavy atom. The van der Waals surface area contributed by atoms with Gasteiger partial charge in [0.05, 0.1) is 6.10 Å². The number of aliphatic hydroxyl groups excluding tert-OH is 1. The number of hydrogen-bond acceptors (Lipinski definition) is 2. The molecule has 0 spiro atoms. The average molecular weight is 179 g/mol. The second kappa shape index (κ2) is 4.28. The van der Waals surface area contributed by atoms with Crippen LogP contribution in [0, 0.1) is 6.92 Å². The van der Waals surface area contributed by atoms with Crippen molar-refractivity contribution >= 4 is 5.69 Å². The molecule has 0 aliphatic carbocycles. The van der Waals surface area contributed by atoms with Gasteiger partial charge in [-0.1, -0.05) is 17.7 Å². The van der Waals surface area contributed by atoms with Gasteiger partial charge in [-0.2, -0.15) is 0 Å². The Labute approximate surface area is 79.8 Å². The van der Waals surface area contributed by atoms with Crippen LogP contribution >= 0.6 is 0 Å². The largest absolute Gasteiger partial charge is 0.392 e. The highest BCUT2D eigenvalue weighted by atomic mass is 16.3. The molecule has 1 aromatic carbocycles. The molecule has 0 saturated carbocycles. The van der Waals surface area contributed by atoms with Gasteiger partial charge >= 0.3 is 0 Å². The predicted octanol–water partition coefficient (Wildman–Crippen LogP) is 1.81. The lowest BCUT2D eigenvalue weighted by Crippen LogP contribution is -2.26. The highest BCUT2D eigenvalue weighted by Crippen LogP contribution is 2.13. The Kier molecular flexibility index (Phi) is 3.32. The second-order valence-electron chi connectivity index (χ2n) is 3.57. The fourth-order valence-electron chi connectivity index (χ4n) is 1.30.